The zero-order valence-electron chi connectivity index (χ0n) is 7.76. The predicted octanol–water partition coefficient (Wildman–Crippen LogP) is 1.47. The van der Waals surface area contributed by atoms with Gasteiger partial charge in [0.2, 0.25) is 0 Å². The topological polar surface area (TPSA) is 44.9 Å². The van der Waals surface area contributed by atoms with Gasteiger partial charge in [0, 0.05) is 36.6 Å². The highest BCUT2D eigenvalue weighted by Crippen LogP contribution is 2.13. The molecule has 0 atom stereocenters. The first kappa shape index (κ1) is 9.58. The van der Waals surface area contributed by atoms with E-state index in [1.807, 2.05) is 19.3 Å². The molecule has 3 heteroatoms. The van der Waals surface area contributed by atoms with Crippen molar-refractivity contribution in [2.45, 2.75) is 13.3 Å². The minimum atomic E-state index is 0.516. The van der Waals surface area contributed by atoms with Gasteiger partial charge in [-0.25, -0.2) is 0 Å². The monoisotopic (exact) mass is 178 g/mol. The maximum Gasteiger partial charge on any atom is 0.121 e. The molecule has 0 aliphatic heterocycles. The SMILES string of the molecule is C=C(NCCC=O)c1c[nH]cc1C. The van der Waals surface area contributed by atoms with Crippen molar-refractivity contribution in [3.63, 3.8) is 0 Å². The van der Waals surface area contributed by atoms with Gasteiger partial charge in [0.05, 0.1) is 0 Å². The highest BCUT2D eigenvalue weighted by molar-refractivity contribution is 5.64. The molecule has 3 nitrogen and oxygen atoms in total. The Bertz CT molecular complexity index is 302. The number of hydrogen-bond donors (Lipinski definition) is 2. The van der Waals surface area contributed by atoms with Gasteiger partial charge in [-0.3, -0.25) is 0 Å². The van der Waals surface area contributed by atoms with Crippen molar-refractivity contribution in [3.8, 4) is 0 Å². The van der Waals surface area contributed by atoms with E-state index in [1.54, 1.807) is 0 Å². The third-order valence-corrected chi connectivity index (χ3v) is 1.88. The summed E-state index contributed by atoms with van der Waals surface area (Å²) in [6, 6.07) is 0. The van der Waals surface area contributed by atoms with E-state index in [-0.39, 0.29) is 0 Å². The molecule has 1 heterocycles. The lowest BCUT2D eigenvalue weighted by atomic mass is 10.2. The molecule has 13 heavy (non-hydrogen) atoms. The average molecular weight is 178 g/mol. The second-order valence-electron chi connectivity index (χ2n) is 2.91. The highest BCUT2D eigenvalue weighted by atomic mass is 16.1. The van der Waals surface area contributed by atoms with Crippen molar-refractivity contribution in [1.29, 1.82) is 0 Å². The normalized spacial score (nSPS) is 9.62. The Morgan fingerprint density at radius 3 is 3.00 bits per heavy atom. The van der Waals surface area contributed by atoms with Crippen LogP contribution in [0.2, 0.25) is 0 Å². The zero-order valence-corrected chi connectivity index (χ0v) is 7.76. The highest BCUT2D eigenvalue weighted by Gasteiger charge is 2.01. The van der Waals surface area contributed by atoms with E-state index in [2.05, 4.69) is 16.9 Å². The molecule has 0 saturated heterocycles. The molecule has 0 aliphatic carbocycles. The Morgan fingerprint density at radius 1 is 1.69 bits per heavy atom. The van der Waals surface area contributed by atoms with Crippen LogP contribution in [0.1, 0.15) is 17.5 Å². The molecule has 0 radical (unpaired) electrons. The molecule has 1 rings (SSSR count). The Morgan fingerprint density at radius 2 is 2.46 bits per heavy atom. The number of aryl methyl sites for hydroxylation is 1. The van der Waals surface area contributed by atoms with E-state index >= 15 is 0 Å². The van der Waals surface area contributed by atoms with E-state index < -0.39 is 0 Å². The lowest BCUT2D eigenvalue weighted by Crippen LogP contribution is -2.13. The number of aromatic nitrogens is 1. The van der Waals surface area contributed by atoms with Crippen LogP contribution in [-0.4, -0.2) is 17.8 Å². The Labute approximate surface area is 77.9 Å². The van der Waals surface area contributed by atoms with Crippen molar-refractivity contribution in [2.75, 3.05) is 6.54 Å². The molecule has 0 unspecified atom stereocenters. The smallest absolute Gasteiger partial charge is 0.121 e. The van der Waals surface area contributed by atoms with Crippen LogP contribution in [0.3, 0.4) is 0 Å². The molecule has 0 aromatic carbocycles. The second-order valence-corrected chi connectivity index (χ2v) is 2.91. The summed E-state index contributed by atoms with van der Waals surface area (Å²) >= 11 is 0. The van der Waals surface area contributed by atoms with E-state index in [4.69, 9.17) is 0 Å². The van der Waals surface area contributed by atoms with E-state index in [9.17, 15) is 4.79 Å². The Hall–Kier alpha value is -1.51. The van der Waals surface area contributed by atoms with Crippen LogP contribution in [0.5, 0.6) is 0 Å². The van der Waals surface area contributed by atoms with Gasteiger partial charge in [0.15, 0.2) is 0 Å². The predicted molar refractivity (Wildman–Crippen MR) is 53.2 cm³/mol. The summed E-state index contributed by atoms with van der Waals surface area (Å²) in [5.74, 6) is 0. The summed E-state index contributed by atoms with van der Waals surface area (Å²) in [6.45, 7) is 6.54. The lowest BCUT2D eigenvalue weighted by Gasteiger charge is -2.06. The number of carbonyl (C=O) groups is 1. The summed E-state index contributed by atoms with van der Waals surface area (Å²) in [5.41, 5.74) is 3.09. The van der Waals surface area contributed by atoms with Gasteiger partial charge in [-0.15, -0.1) is 0 Å². The van der Waals surface area contributed by atoms with Crippen LogP contribution in [-0.2, 0) is 4.79 Å². The van der Waals surface area contributed by atoms with Gasteiger partial charge >= 0.3 is 0 Å². The fourth-order valence-electron chi connectivity index (χ4n) is 1.14. The van der Waals surface area contributed by atoms with Crippen molar-refractivity contribution >= 4 is 12.0 Å². The number of hydrogen-bond acceptors (Lipinski definition) is 2. The first-order valence-electron chi connectivity index (χ1n) is 4.26. The van der Waals surface area contributed by atoms with Crippen LogP contribution in [0, 0.1) is 6.92 Å². The third kappa shape index (κ3) is 2.47. The third-order valence-electron chi connectivity index (χ3n) is 1.88. The summed E-state index contributed by atoms with van der Waals surface area (Å²) in [7, 11) is 0. The summed E-state index contributed by atoms with van der Waals surface area (Å²) in [4.78, 5) is 13.1. The van der Waals surface area contributed by atoms with Gasteiger partial charge in [-0.2, -0.15) is 0 Å². The number of rotatable bonds is 5. The minimum absolute atomic E-state index is 0.516. The van der Waals surface area contributed by atoms with Gasteiger partial charge in [-0.1, -0.05) is 6.58 Å². The van der Waals surface area contributed by atoms with Gasteiger partial charge in [0.25, 0.3) is 0 Å². The number of carbonyl (C=O) groups excluding carboxylic acids is 1. The standard InChI is InChI=1S/C10H14N2O/c1-8-6-11-7-10(8)9(2)12-4-3-5-13/h5-7,11-12H,2-4H2,1H3. The maximum atomic E-state index is 10.1. The molecule has 0 fully saturated rings. The van der Waals surface area contributed by atoms with Crippen LogP contribution < -0.4 is 5.32 Å². The molecule has 2 N–H and O–H groups in total. The van der Waals surface area contributed by atoms with Gasteiger partial charge in [-0.05, 0) is 12.5 Å². The molecule has 0 saturated carbocycles. The fourth-order valence-corrected chi connectivity index (χ4v) is 1.14. The molecule has 0 spiro atoms. The second kappa shape index (κ2) is 4.50. The molecular weight excluding hydrogens is 164 g/mol. The van der Waals surface area contributed by atoms with Crippen LogP contribution in [0.15, 0.2) is 19.0 Å². The lowest BCUT2D eigenvalue weighted by molar-refractivity contribution is -0.107. The number of aldehydes is 1. The van der Waals surface area contributed by atoms with E-state index in [1.165, 1.54) is 0 Å². The molecular formula is C10H14N2O. The molecule has 1 aromatic heterocycles. The summed E-state index contributed by atoms with van der Waals surface area (Å²) < 4.78 is 0. The zero-order chi connectivity index (χ0) is 9.68. The first-order chi connectivity index (χ1) is 6.25. The first-order valence-corrected chi connectivity index (χ1v) is 4.26. The molecule has 0 aliphatic rings. The average Bonchev–Trinajstić information content (AvgIpc) is 2.52. The maximum absolute atomic E-state index is 10.1. The molecule has 1 aromatic rings. The quantitative estimate of drug-likeness (QED) is 0.529. The largest absolute Gasteiger partial charge is 0.385 e. The van der Waals surface area contributed by atoms with Crippen molar-refractivity contribution in [1.82, 2.24) is 10.3 Å². The van der Waals surface area contributed by atoms with Crippen molar-refractivity contribution in [2.24, 2.45) is 0 Å². The fraction of sp³-hybridized carbons (Fsp3) is 0.300. The van der Waals surface area contributed by atoms with E-state index in [0.29, 0.717) is 13.0 Å². The Kier molecular flexibility index (Phi) is 3.31. The number of aromatic amines is 1. The summed E-state index contributed by atoms with van der Waals surface area (Å²) in [5, 5.41) is 3.08. The van der Waals surface area contributed by atoms with Crippen LogP contribution >= 0.6 is 0 Å². The van der Waals surface area contributed by atoms with Gasteiger partial charge < -0.3 is 15.1 Å². The van der Waals surface area contributed by atoms with Gasteiger partial charge in [0.1, 0.15) is 6.29 Å². The molecule has 70 valence electrons. The summed E-state index contributed by atoms with van der Waals surface area (Å²) in [6.07, 6.45) is 5.22. The number of nitrogens with one attached hydrogen (secondary N) is 2. The van der Waals surface area contributed by atoms with Crippen LogP contribution in [0.25, 0.3) is 5.70 Å². The minimum Gasteiger partial charge on any atom is -0.385 e. The van der Waals surface area contributed by atoms with E-state index in [0.717, 1.165) is 23.1 Å². The number of H-pyrrole nitrogens is 1. The van der Waals surface area contributed by atoms with Crippen LogP contribution in [0.4, 0.5) is 0 Å². The molecule has 0 amide bonds. The Balaban J connectivity index is 2.49. The molecule has 0 bridgehead atoms. The van der Waals surface area contributed by atoms with Crippen molar-refractivity contribution < 1.29 is 4.79 Å². The van der Waals surface area contributed by atoms with Crippen molar-refractivity contribution in [3.05, 3.63) is 30.1 Å².